The fraction of sp³-hybridized carbons (Fsp3) is 0.737. The van der Waals surface area contributed by atoms with E-state index in [9.17, 15) is 9.59 Å². The quantitative estimate of drug-likeness (QED) is 0.855. The van der Waals surface area contributed by atoms with Gasteiger partial charge in [-0.3, -0.25) is 9.59 Å². The van der Waals surface area contributed by atoms with Gasteiger partial charge in [-0.2, -0.15) is 0 Å². The highest BCUT2D eigenvalue weighted by atomic mass is 16.5. The Labute approximate surface area is 150 Å². The number of nitrogens with zero attached hydrogens (tertiary/aromatic N) is 2. The molecule has 140 valence electrons. The van der Waals surface area contributed by atoms with Crippen LogP contribution in [0.25, 0.3) is 0 Å². The molecule has 0 unspecified atom stereocenters. The van der Waals surface area contributed by atoms with Crippen molar-refractivity contribution in [1.82, 2.24) is 14.9 Å². The number of aryl methyl sites for hydroxylation is 2. The first-order valence-electron chi connectivity index (χ1n) is 9.31. The van der Waals surface area contributed by atoms with Crippen LogP contribution in [0, 0.1) is 19.8 Å². The number of morpholine rings is 1. The SMILES string of the molecule is CCCC[C@@H]1CN(C(=O)Cc2c(C)nc(C)[nH]c2=O)C[C@H](C(C)C)O1. The molecule has 1 saturated heterocycles. The highest BCUT2D eigenvalue weighted by Gasteiger charge is 2.32. The number of hydrogen-bond acceptors (Lipinski definition) is 4. The average molecular weight is 349 g/mol. The molecule has 0 aromatic carbocycles. The maximum atomic E-state index is 12.8. The summed E-state index contributed by atoms with van der Waals surface area (Å²) in [5.41, 5.74) is 0.883. The molecular formula is C19H31N3O3. The van der Waals surface area contributed by atoms with Gasteiger partial charge in [-0.1, -0.05) is 33.6 Å². The predicted octanol–water partition coefficient (Wildman–Crippen LogP) is 2.37. The smallest absolute Gasteiger partial charge is 0.254 e. The summed E-state index contributed by atoms with van der Waals surface area (Å²) in [4.78, 5) is 33.8. The maximum Gasteiger partial charge on any atom is 0.254 e. The first-order valence-corrected chi connectivity index (χ1v) is 9.31. The van der Waals surface area contributed by atoms with Crippen molar-refractivity contribution in [2.75, 3.05) is 13.1 Å². The molecule has 25 heavy (non-hydrogen) atoms. The van der Waals surface area contributed by atoms with Gasteiger partial charge >= 0.3 is 0 Å². The van der Waals surface area contributed by atoms with E-state index in [2.05, 4.69) is 30.7 Å². The van der Waals surface area contributed by atoms with Crippen LogP contribution in [0.15, 0.2) is 4.79 Å². The van der Waals surface area contributed by atoms with Crippen LogP contribution in [0.3, 0.4) is 0 Å². The van der Waals surface area contributed by atoms with E-state index in [4.69, 9.17) is 4.74 Å². The van der Waals surface area contributed by atoms with Gasteiger partial charge in [-0.15, -0.1) is 0 Å². The second kappa shape index (κ2) is 8.61. The van der Waals surface area contributed by atoms with Crippen LogP contribution in [0.4, 0.5) is 0 Å². The minimum absolute atomic E-state index is 0.0188. The Morgan fingerprint density at radius 2 is 2.08 bits per heavy atom. The Kier molecular flexibility index (Phi) is 6.76. The predicted molar refractivity (Wildman–Crippen MR) is 97.6 cm³/mol. The van der Waals surface area contributed by atoms with Crippen molar-refractivity contribution in [3.05, 3.63) is 27.4 Å². The molecule has 0 radical (unpaired) electrons. The molecule has 1 fully saturated rings. The van der Waals surface area contributed by atoms with Crippen molar-refractivity contribution in [3.63, 3.8) is 0 Å². The van der Waals surface area contributed by atoms with Crippen molar-refractivity contribution < 1.29 is 9.53 Å². The normalized spacial score (nSPS) is 21.0. The number of unbranched alkanes of at least 4 members (excludes halogenated alkanes) is 1. The lowest BCUT2D eigenvalue weighted by Gasteiger charge is -2.40. The number of rotatable bonds is 6. The van der Waals surface area contributed by atoms with Gasteiger partial charge in [0.15, 0.2) is 0 Å². The van der Waals surface area contributed by atoms with E-state index < -0.39 is 0 Å². The Morgan fingerprint density at radius 3 is 2.68 bits per heavy atom. The number of H-pyrrole nitrogens is 1. The topological polar surface area (TPSA) is 75.3 Å². The van der Waals surface area contributed by atoms with Gasteiger partial charge in [0.2, 0.25) is 5.91 Å². The highest BCUT2D eigenvalue weighted by Crippen LogP contribution is 2.21. The third-order valence-electron chi connectivity index (χ3n) is 4.84. The van der Waals surface area contributed by atoms with E-state index in [1.807, 2.05) is 4.90 Å². The summed E-state index contributed by atoms with van der Waals surface area (Å²) in [6.45, 7) is 11.1. The van der Waals surface area contributed by atoms with E-state index in [-0.39, 0.29) is 30.1 Å². The highest BCUT2D eigenvalue weighted by molar-refractivity contribution is 5.79. The molecule has 1 aliphatic heterocycles. The first kappa shape index (κ1) is 19.6. The molecule has 2 rings (SSSR count). The summed E-state index contributed by atoms with van der Waals surface area (Å²) < 4.78 is 6.17. The summed E-state index contributed by atoms with van der Waals surface area (Å²) in [6, 6.07) is 0. The van der Waals surface area contributed by atoms with E-state index >= 15 is 0 Å². The van der Waals surface area contributed by atoms with Crippen LogP contribution in [0.1, 0.15) is 57.1 Å². The molecule has 1 amide bonds. The number of aromatic amines is 1. The van der Waals surface area contributed by atoms with Crippen LogP contribution < -0.4 is 5.56 Å². The molecule has 2 heterocycles. The van der Waals surface area contributed by atoms with Crippen molar-refractivity contribution in [1.29, 1.82) is 0 Å². The minimum Gasteiger partial charge on any atom is -0.371 e. The van der Waals surface area contributed by atoms with E-state index in [1.165, 1.54) is 0 Å². The van der Waals surface area contributed by atoms with Gasteiger partial charge in [0, 0.05) is 24.3 Å². The zero-order chi connectivity index (χ0) is 18.6. The van der Waals surface area contributed by atoms with Crippen molar-refractivity contribution in [2.24, 2.45) is 5.92 Å². The third kappa shape index (κ3) is 5.14. The van der Waals surface area contributed by atoms with Gasteiger partial charge in [-0.05, 0) is 26.2 Å². The van der Waals surface area contributed by atoms with Crippen LogP contribution >= 0.6 is 0 Å². The fourth-order valence-electron chi connectivity index (χ4n) is 3.26. The molecule has 0 aliphatic carbocycles. The zero-order valence-electron chi connectivity index (χ0n) is 16.1. The molecule has 1 aromatic rings. The molecule has 6 heteroatoms. The molecule has 1 aliphatic rings. The summed E-state index contributed by atoms with van der Waals surface area (Å²) in [5.74, 6) is 0.908. The largest absolute Gasteiger partial charge is 0.371 e. The van der Waals surface area contributed by atoms with Gasteiger partial charge in [0.25, 0.3) is 5.56 Å². The average Bonchev–Trinajstić information content (AvgIpc) is 2.55. The molecule has 1 N–H and O–H groups in total. The molecule has 1 aromatic heterocycles. The Balaban J connectivity index is 2.12. The van der Waals surface area contributed by atoms with E-state index in [0.29, 0.717) is 36.1 Å². The van der Waals surface area contributed by atoms with Gasteiger partial charge in [0.05, 0.1) is 18.6 Å². The Morgan fingerprint density at radius 1 is 1.36 bits per heavy atom. The maximum absolute atomic E-state index is 12.8. The number of nitrogens with one attached hydrogen (secondary N) is 1. The standard InChI is InChI=1S/C19H31N3O3/c1-6-7-8-15-10-22(11-17(25-15)12(2)3)18(23)9-16-13(4)20-14(5)21-19(16)24/h12,15,17H,6-11H2,1-5H3,(H,20,21,24)/t15-,17-/m1/s1. The van der Waals surface area contributed by atoms with Gasteiger partial charge in [0.1, 0.15) is 5.82 Å². The number of carbonyl (C=O) groups excluding carboxylic acids is 1. The lowest BCUT2D eigenvalue weighted by atomic mass is 10.0. The van der Waals surface area contributed by atoms with Crippen LogP contribution in [-0.4, -0.2) is 46.1 Å². The molecule has 0 saturated carbocycles. The van der Waals surface area contributed by atoms with Crippen molar-refractivity contribution >= 4 is 5.91 Å². The summed E-state index contributed by atoms with van der Waals surface area (Å²) in [7, 11) is 0. The molecule has 0 spiro atoms. The van der Waals surface area contributed by atoms with E-state index in [1.54, 1.807) is 13.8 Å². The summed E-state index contributed by atoms with van der Waals surface area (Å²) >= 11 is 0. The summed E-state index contributed by atoms with van der Waals surface area (Å²) in [6.07, 6.45) is 3.41. The summed E-state index contributed by atoms with van der Waals surface area (Å²) in [5, 5.41) is 0. The number of carbonyl (C=O) groups is 1. The molecule has 2 atom stereocenters. The molecular weight excluding hydrogens is 318 g/mol. The monoisotopic (exact) mass is 349 g/mol. The van der Waals surface area contributed by atoms with Crippen LogP contribution in [-0.2, 0) is 16.0 Å². The number of amides is 1. The number of ether oxygens (including phenoxy) is 1. The number of hydrogen-bond donors (Lipinski definition) is 1. The lowest BCUT2D eigenvalue weighted by molar-refractivity contribution is -0.149. The fourth-order valence-corrected chi connectivity index (χ4v) is 3.26. The van der Waals surface area contributed by atoms with Gasteiger partial charge in [-0.25, -0.2) is 4.98 Å². The Hall–Kier alpha value is -1.69. The number of aromatic nitrogens is 2. The first-order chi connectivity index (χ1) is 11.8. The van der Waals surface area contributed by atoms with Gasteiger partial charge < -0.3 is 14.6 Å². The lowest BCUT2D eigenvalue weighted by Crippen LogP contribution is -2.52. The van der Waals surface area contributed by atoms with E-state index in [0.717, 1.165) is 19.3 Å². The zero-order valence-corrected chi connectivity index (χ0v) is 16.1. The van der Waals surface area contributed by atoms with Crippen LogP contribution in [0.5, 0.6) is 0 Å². The second-order valence-electron chi connectivity index (χ2n) is 7.37. The third-order valence-corrected chi connectivity index (χ3v) is 4.84. The molecule has 6 nitrogen and oxygen atoms in total. The second-order valence-corrected chi connectivity index (χ2v) is 7.37. The van der Waals surface area contributed by atoms with Crippen molar-refractivity contribution in [3.8, 4) is 0 Å². The minimum atomic E-state index is -0.213. The van der Waals surface area contributed by atoms with Crippen LogP contribution in [0.2, 0.25) is 0 Å². The molecule has 0 bridgehead atoms. The Bertz CT molecular complexity index is 654. The van der Waals surface area contributed by atoms with Crippen molar-refractivity contribution in [2.45, 2.75) is 72.5 Å².